The summed E-state index contributed by atoms with van der Waals surface area (Å²) in [6.07, 6.45) is 6.15. The number of hydrogen-bond donors (Lipinski definition) is 1. The fraction of sp³-hybridized carbons (Fsp3) is 0.211. The van der Waals surface area contributed by atoms with E-state index in [9.17, 15) is 12.8 Å². The summed E-state index contributed by atoms with van der Waals surface area (Å²) >= 11 is 0. The highest BCUT2D eigenvalue weighted by Gasteiger charge is 2.37. The van der Waals surface area contributed by atoms with Gasteiger partial charge in [-0.1, -0.05) is 6.07 Å². The van der Waals surface area contributed by atoms with Crippen LogP contribution in [-0.4, -0.2) is 34.2 Å². The number of pyridine rings is 1. The normalized spacial score (nSPS) is 17.5. The minimum absolute atomic E-state index is 0.0662. The molecule has 9 heteroatoms. The second kappa shape index (κ2) is 7.61. The summed E-state index contributed by atoms with van der Waals surface area (Å²) in [5.74, 6) is 0.634. The Hall–Kier alpha value is -2.91. The molecule has 0 amide bonds. The van der Waals surface area contributed by atoms with Crippen LogP contribution in [0.25, 0.3) is 0 Å². The topological polar surface area (TPSA) is 88.1 Å². The first kappa shape index (κ1) is 18.5. The first-order valence-corrected chi connectivity index (χ1v) is 10.3. The molecule has 0 unspecified atom stereocenters. The Morgan fingerprint density at radius 2 is 1.89 bits per heavy atom. The summed E-state index contributed by atoms with van der Waals surface area (Å²) in [5.41, 5.74) is 0.559. The van der Waals surface area contributed by atoms with Gasteiger partial charge in [-0.2, -0.15) is 4.31 Å². The Labute approximate surface area is 162 Å². The first-order valence-electron chi connectivity index (χ1n) is 8.81. The Balaban J connectivity index is 1.61. The predicted octanol–water partition coefficient (Wildman–Crippen LogP) is 3.28. The van der Waals surface area contributed by atoms with Crippen molar-refractivity contribution in [2.24, 2.45) is 0 Å². The van der Waals surface area contributed by atoms with Gasteiger partial charge in [-0.15, -0.1) is 0 Å². The van der Waals surface area contributed by atoms with E-state index < -0.39 is 21.9 Å². The molecule has 7 nitrogen and oxygen atoms in total. The van der Waals surface area contributed by atoms with Crippen LogP contribution in [0.15, 0.2) is 66.0 Å². The number of nitrogens with zero attached hydrogens (tertiary/aromatic N) is 4. The lowest BCUT2D eigenvalue weighted by atomic mass is 10.2. The van der Waals surface area contributed by atoms with Crippen LogP contribution in [0.2, 0.25) is 0 Å². The number of sulfonamides is 1. The molecule has 28 heavy (non-hydrogen) atoms. The number of nitrogens with one attached hydrogen (secondary N) is 1. The molecule has 0 aliphatic carbocycles. The quantitative estimate of drug-likeness (QED) is 0.708. The van der Waals surface area contributed by atoms with Crippen molar-refractivity contribution in [3.05, 3.63) is 72.6 Å². The number of benzene rings is 1. The zero-order valence-electron chi connectivity index (χ0n) is 14.9. The summed E-state index contributed by atoms with van der Waals surface area (Å²) < 4.78 is 40.7. The van der Waals surface area contributed by atoms with Crippen LogP contribution in [-0.2, 0) is 10.0 Å². The van der Waals surface area contributed by atoms with Crippen LogP contribution in [0.5, 0.6) is 0 Å². The van der Waals surface area contributed by atoms with Crippen LogP contribution < -0.4 is 5.32 Å². The molecule has 0 spiro atoms. The Morgan fingerprint density at radius 3 is 2.64 bits per heavy atom. The lowest BCUT2D eigenvalue weighted by Gasteiger charge is -2.23. The average Bonchev–Trinajstić information content (AvgIpc) is 3.20. The molecule has 3 heterocycles. The van der Waals surface area contributed by atoms with Gasteiger partial charge in [0.25, 0.3) is 0 Å². The van der Waals surface area contributed by atoms with E-state index in [1.165, 1.54) is 16.4 Å². The maximum Gasteiger partial charge on any atom is 0.243 e. The van der Waals surface area contributed by atoms with E-state index in [1.807, 2.05) is 12.1 Å². The van der Waals surface area contributed by atoms with Gasteiger partial charge in [-0.3, -0.25) is 4.98 Å². The van der Waals surface area contributed by atoms with E-state index in [4.69, 9.17) is 0 Å². The maximum absolute atomic E-state index is 13.2. The third-order valence-corrected chi connectivity index (χ3v) is 6.46. The lowest BCUT2D eigenvalue weighted by molar-refractivity contribution is 0.390. The number of hydrogen-bond acceptors (Lipinski definition) is 6. The van der Waals surface area contributed by atoms with Crippen LogP contribution in [0.3, 0.4) is 0 Å². The van der Waals surface area contributed by atoms with Crippen molar-refractivity contribution >= 4 is 21.7 Å². The Morgan fingerprint density at radius 1 is 1.07 bits per heavy atom. The monoisotopic (exact) mass is 399 g/mol. The largest absolute Gasteiger partial charge is 0.324 e. The molecule has 1 aromatic carbocycles. The van der Waals surface area contributed by atoms with E-state index >= 15 is 0 Å². The number of rotatable bonds is 5. The van der Waals surface area contributed by atoms with Gasteiger partial charge in [0.1, 0.15) is 17.5 Å². The van der Waals surface area contributed by atoms with E-state index in [2.05, 4.69) is 20.3 Å². The molecule has 144 valence electrons. The molecule has 1 N–H and O–H groups in total. The van der Waals surface area contributed by atoms with Gasteiger partial charge in [0.2, 0.25) is 10.0 Å². The van der Waals surface area contributed by atoms with Crippen molar-refractivity contribution in [3.8, 4) is 0 Å². The molecule has 0 radical (unpaired) electrons. The standard InChI is InChI=1S/C19H18FN5O2S/c20-14-6-8-15(9-7-14)28(26,27)25-11-3-4-17(25)16-12-21-13-19(23-16)24-18-5-1-2-10-22-18/h1-2,5-10,12-13,17H,3-4,11H2,(H,22,23,24)/t17-/m1/s1. The highest BCUT2D eigenvalue weighted by Crippen LogP contribution is 2.35. The SMILES string of the molecule is O=S(=O)(c1ccc(F)cc1)N1CCC[C@@H]1c1cncc(Nc2ccccn2)n1. The number of anilines is 2. The summed E-state index contributed by atoms with van der Waals surface area (Å²) in [6, 6.07) is 9.90. The van der Waals surface area contributed by atoms with E-state index in [0.29, 0.717) is 36.7 Å². The molecule has 0 saturated carbocycles. The molecule has 1 atom stereocenters. The highest BCUT2D eigenvalue weighted by atomic mass is 32.2. The minimum atomic E-state index is -3.76. The predicted molar refractivity (Wildman–Crippen MR) is 102 cm³/mol. The molecule has 3 aromatic rings. The van der Waals surface area contributed by atoms with Gasteiger partial charge in [-0.25, -0.2) is 22.8 Å². The molecular formula is C19H18FN5O2S. The first-order chi connectivity index (χ1) is 13.5. The summed E-state index contributed by atoms with van der Waals surface area (Å²) in [7, 11) is -3.76. The van der Waals surface area contributed by atoms with Gasteiger partial charge >= 0.3 is 0 Å². The summed E-state index contributed by atoms with van der Waals surface area (Å²) in [5, 5.41) is 3.06. The minimum Gasteiger partial charge on any atom is -0.324 e. The maximum atomic E-state index is 13.2. The molecule has 0 bridgehead atoms. The molecular weight excluding hydrogens is 381 g/mol. The fourth-order valence-corrected chi connectivity index (χ4v) is 4.90. The summed E-state index contributed by atoms with van der Waals surface area (Å²) in [4.78, 5) is 13.0. The zero-order valence-corrected chi connectivity index (χ0v) is 15.7. The van der Waals surface area contributed by atoms with Gasteiger partial charge in [0.05, 0.1) is 29.0 Å². The van der Waals surface area contributed by atoms with Crippen molar-refractivity contribution in [1.29, 1.82) is 0 Å². The molecule has 1 aliphatic rings. The van der Waals surface area contributed by atoms with Crippen molar-refractivity contribution < 1.29 is 12.8 Å². The second-order valence-electron chi connectivity index (χ2n) is 6.40. The number of halogens is 1. The van der Waals surface area contributed by atoms with Crippen molar-refractivity contribution in [1.82, 2.24) is 19.3 Å². The van der Waals surface area contributed by atoms with E-state index in [1.54, 1.807) is 24.7 Å². The summed E-state index contributed by atoms with van der Waals surface area (Å²) in [6.45, 7) is 0.379. The smallest absolute Gasteiger partial charge is 0.243 e. The van der Waals surface area contributed by atoms with Crippen LogP contribution in [0.1, 0.15) is 24.6 Å². The van der Waals surface area contributed by atoms with Crippen molar-refractivity contribution in [2.75, 3.05) is 11.9 Å². The van der Waals surface area contributed by atoms with Gasteiger partial charge in [-0.05, 0) is 49.2 Å². The fourth-order valence-electron chi connectivity index (χ4n) is 3.24. The zero-order chi connectivity index (χ0) is 19.6. The number of aromatic nitrogens is 3. The van der Waals surface area contributed by atoms with Crippen LogP contribution in [0, 0.1) is 5.82 Å². The van der Waals surface area contributed by atoms with Crippen molar-refractivity contribution in [3.63, 3.8) is 0 Å². The molecule has 1 saturated heterocycles. The van der Waals surface area contributed by atoms with E-state index in [0.717, 1.165) is 12.1 Å². The highest BCUT2D eigenvalue weighted by molar-refractivity contribution is 7.89. The lowest BCUT2D eigenvalue weighted by Crippen LogP contribution is -2.31. The van der Waals surface area contributed by atoms with Gasteiger partial charge in [0, 0.05) is 12.7 Å². The van der Waals surface area contributed by atoms with E-state index in [-0.39, 0.29) is 4.90 Å². The molecule has 4 rings (SSSR count). The Kier molecular flexibility index (Phi) is 5.01. The third-order valence-electron chi connectivity index (χ3n) is 4.54. The molecule has 1 fully saturated rings. The van der Waals surface area contributed by atoms with Crippen LogP contribution in [0.4, 0.5) is 16.0 Å². The van der Waals surface area contributed by atoms with Crippen molar-refractivity contribution in [2.45, 2.75) is 23.8 Å². The third kappa shape index (κ3) is 3.71. The molecule has 2 aromatic heterocycles. The van der Waals surface area contributed by atoms with Gasteiger partial charge in [0.15, 0.2) is 0 Å². The Bertz CT molecular complexity index is 1060. The molecule has 1 aliphatic heterocycles. The van der Waals surface area contributed by atoms with Gasteiger partial charge < -0.3 is 5.32 Å². The van der Waals surface area contributed by atoms with Crippen LogP contribution >= 0.6 is 0 Å². The average molecular weight is 399 g/mol. The second-order valence-corrected chi connectivity index (χ2v) is 8.29.